The average Bonchev–Trinajstić information content (AvgIpc) is 2.74. The lowest BCUT2D eigenvalue weighted by Crippen LogP contribution is -2.67. The van der Waals surface area contributed by atoms with Gasteiger partial charge in [0.2, 0.25) is 6.29 Å². The first-order valence-electron chi connectivity index (χ1n) is 11.0. The second-order valence-corrected chi connectivity index (χ2v) is 13.1. The zero-order valence-corrected chi connectivity index (χ0v) is 20.8. The Morgan fingerprint density at radius 2 is 1.44 bits per heavy atom. The Hall–Kier alpha value is -2.47. The number of benzene rings is 2. The third-order valence-electron chi connectivity index (χ3n) is 5.33. The minimum Gasteiger partial charge on any atom is -0.436 e. The van der Waals surface area contributed by atoms with Crippen LogP contribution < -0.4 is 10.4 Å². The van der Waals surface area contributed by atoms with Gasteiger partial charge in [0, 0.05) is 13.3 Å². The van der Waals surface area contributed by atoms with Crippen molar-refractivity contribution in [1.29, 1.82) is 0 Å². The van der Waals surface area contributed by atoms with Crippen LogP contribution in [0.5, 0.6) is 0 Å². The molecule has 0 bridgehead atoms. The Balaban J connectivity index is 2.42. The lowest BCUT2D eigenvalue weighted by molar-refractivity contribution is -0.189. The molecule has 2 aromatic carbocycles. The molecule has 172 valence electrons. The van der Waals surface area contributed by atoms with E-state index in [4.69, 9.17) is 13.9 Å². The maximum Gasteiger partial charge on any atom is 0.304 e. The normalized spacial score (nSPS) is 13.8. The molecule has 2 rings (SSSR count). The van der Waals surface area contributed by atoms with Gasteiger partial charge in [-0.15, -0.1) is 13.2 Å². The van der Waals surface area contributed by atoms with E-state index in [-0.39, 0.29) is 17.1 Å². The van der Waals surface area contributed by atoms with Crippen molar-refractivity contribution in [2.45, 2.75) is 58.0 Å². The molecule has 0 fully saturated rings. The van der Waals surface area contributed by atoms with E-state index in [1.54, 1.807) is 12.2 Å². The molecule has 0 saturated heterocycles. The number of hydrogen-bond donors (Lipinski definition) is 0. The zero-order chi connectivity index (χ0) is 23.6. The number of rotatable bonds is 12. The average molecular weight is 453 g/mol. The fourth-order valence-electron chi connectivity index (χ4n) is 4.00. The van der Waals surface area contributed by atoms with Gasteiger partial charge in [0.25, 0.3) is 8.32 Å². The van der Waals surface area contributed by atoms with Gasteiger partial charge in [-0.3, -0.25) is 4.79 Å². The Labute approximate surface area is 194 Å². The number of hydrogen-bond acceptors (Lipinski definition) is 4. The van der Waals surface area contributed by atoms with Crippen molar-refractivity contribution >= 4 is 24.7 Å². The van der Waals surface area contributed by atoms with E-state index in [1.165, 1.54) is 17.3 Å². The molecule has 0 N–H and O–H groups in total. The van der Waals surface area contributed by atoms with Gasteiger partial charge in [-0.05, 0) is 21.8 Å². The monoisotopic (exact) mass is 452 g/mol. The molecule has 32 heavy (non-hydrogen) atoms. The molecule has 0 aliphatic rings. The quantitative estimate of drug-likeness (QED) is 0.197. The van der Waals surface area contributed by atoms with Crippen LogP contribution in [0.1, 0.15) is 40.5 Å². The van der Waals surface area contributed by atoms with Gasteiger partial charge in [0.15, 0.2) is 0 Å². The molecular formula is C27H36O4Si. The topological polar surface area (TPSA) is 44.8 Å². The fourth-order valence-corrected chi connectivity index (χ4v) is 8.59. The highest BCUT2D eigenvalue weighted by Gasteiger charge is 2.50. The molecule has 0 saturated carbocycles. The lowest BCUT2D eigenvalue weighted by Gasteiger charge is -2.43. The molecule has 2 atom stereocenters. The van der Waals surface area contributed by atoms with Gasteiger partial charge < -0.3 is 13.9 Å². The second-order valence-electron chi connectivity index (χ2n) is 8.82. The Morgan fingerprint density at radius 3 is 1.84 bits per heavy atom. The minimum absolute atomic E-state index is 0.134. The van der Waals surface area contributed by atoms with Crippen LogP contribution in [0, 0.1) is 0 Å². The highest BCUT2D eigenvalue weighted by atomic mass is 28.4. The maximum atomic E-state index is 11.5. The molecule has 1 unspecified atom stereocenters. The van der Waals surface area contributed by atoms with E-state index in [0.717, 1.165) is 0 Å². The minimum atomic E-state index is -2.68. The third kappa shape index (κ3) is 6.51. The van der Waals surface area contributed by atoms with Crippen LogP contribution in [-0.2, 0) is 18.7 Å². The van der Waals surface area contributed by atoms with Gasteiger partial charge in [-0.2, -0.15) is 0 Å². The Kier molecular flexibility index (Phi) is 9.63. The van der Waals surface area contributed by atoms with E-state index >= 15 is 0 Å². The zero-order valence-electron chi connectivity index (χ0n) is 19.8. The predicted octanol–water partition coefficient (Wildman–Crippen LogP) is 4.99. The van der Waals surface area contributed by atoms with Crippen LogP contribution in [0.4, 0.5) is 0 Å². The van der Waals surface area contributed by atoms with Crippen molar-refractivity contribution in [2.24, 2.45) is 0 Å². The smallest absolute Gasteiger partial charge is 0.304 e. The van der Waals surface area contributed by atoms with Crippen LogP contribution in [-0.4, -0.2) is 33.3 Å². The van der Waals surface area contributed by atoms with Crippen LogP contribution in [0.3, 0.4) is 0 Å². The summed E-state index contributed by atoms with van der Waals surface area (Å²) >= 11 is 0. The molecule has 4 nitrogen and oxygen atoms in total. The van der Waals surface area contributed by atoms with Crippen molar-refractivity contribution in [2.75, 3.05) is 6.61 Å². The Bertz CT molecular complexity index is 819. The van der Waals surface area contributed by atoms with Crippen molar-refractivity contribution in [3.63, 3.8) is 0 Å². The number of ether oxygens (including phenoxy) is 2. The van der Waals surface area contributed by atoms with Crippen LogP contribution in [0.2, 0.25) is 5.04 Å². The van der Waals surface area contributed by atoms with Crippen molar-refractivity contribution < 1.29 is 18.7 Å². The maximum absolute atomic E-state index is 11.5. The first-order chi connectivity index (χ1) is 15.2. The van der Waals surface area contributed by atoms with Crippen LogP contribution in [0.25, 0.3) is 0 Å². The highest BCUT2D eigenvalue weighted by molar-refractivity contribution is 6.99. The number of carbonyl (C=O) groups excluding carboxylic acids is 1. The highest BCUT2D eigenvalue weighted by Crippen LogP contribution is 2.37. The summed E-state index contributed by atoms with van der Waals surface area (Å²) in [6.07, 6.45) is 3.47. The van der Waals surface area contributed by atoms with E-state index in [2.05, 4.69) is 82.5 Å². The molecule has 0 aliphatic carbocycles. The molecule has 5 heteroatoms. The van der Waals surface area contributed by atoms with Gasteiger partial charge in [-0.25, -0.2) is 0 Å². The summed E-state index contributed by atoms with van der Waals surface area (Å²) in [5.74, 6) is -0.387. The van der Waals surface area contributed by atoms with E-state index in [0.29, 0.717) is 19.4 Å². The standard InChI is InChI=1S/C27H36O4Si/c1-7-15-23(31-26(16-8-2)30-22(3)28)21-29-32(27(4,5)6,24-17-11-9-12-18-24)25-19-13-10-14-20-25/h7-14,17-20,23,26H,1-2,15-16,21H2,3-6H3/t23-,26?/m1/s1. The number of esters is 1. The van der Waals surface area contributed by atoms with E-state index in [9.17, 15) is 4.79 Å². The van der Waals surface area contributed by atoms with Gasteiger partial charge >= 0.3 is 5.97 Å². The molecule has 0 heterocycles. The summed E-state index contributed by atoms with van der Waals surface area (Å²) < 4.78 is 18.4. The van der Waals surface area contributed by atoms with E-state index in [1.807, 2.05) is 12.1 Å². The molecule has 0 aliphatic heterocycles. The van der Waals surface area contributed by atoms with Crippen LogP contribution >= 0.6 is 0 Å². The van der Waals surface area contributed by atoms with Crippen LogP contribution in [0.15, 0.2) is 86.0 Å². The summed E-state index contributed by atoms with van der Waals surface area (Å²) in [5.41, 5.74) is 0. The number of carbonyl (C=O) groups is 1. The first-order valence-corrected chi connectivity index (χ1v) is 12.9. The first kappa shape index (κ1) is 25.8. The van der Waals surface area contributed by atoms with Crippen molar-refractivity contribution in [3.05, 3.63) is 86.0 Å². The van der Waals surface area contributed by atoms with Gasteiger partial charge in [-0.1, -0.05) is 93.6 Å². The summed E-state index contributed by atoms with van der Waals surface area (Å²) in [7, 11) is -2.68. The molecule has 2 aromatic rings. The van der Waals surface area contributed by atoms with Crippen molar-refractivity contribution in [1.82, 2.24) is 0 Å². The van der Waals surface area contributed by atoms with Gasteiger partial charge in [0.05, 0.1) is 12.7 Å². The molecule has 0 radical (unpaired) electrons. The fraction of sp³-hybridized carbons (Fsp3) is 0.370. The summed E-state index contributed by atoms with van der Waals surface area (Å²) in [4.78, 5) is 11.5. The largest absolute Gasteiger partial charge is 0.436 e. The summed E-state index contributed by atoms with van der Waals surface area (Å²) in [6.45, 7) is 16.1. The summed E-state index contributed by atoms with van der Waals surface area (Å²) in [6, 6.07) is 20.9. The predicted molar refractivity (Wildman–Crippen MR) is 134 cm³/mol. The molecular weight excluding hydrogens is 416 g/mol. The molecule has 0 spiro atoms. The second kappa shape index (κ2) is 12.0. The molecule has 0 aromatic heterocycles. The van der Waals surface area contributed by atoms with Gasteiger partial charge in [0.1, 0.15) is 0 Å². The molecule has 0 amide bonds. The SMILES string of the molecule is C=CCC(OC(C)=O)O[C@H](CC=C)CO[Si](c1ccccc1)(c1ccccc1)C(C)(C)C. The third-order valence-corrected chi connectivity index (χ3v) is 10.3. The van der Waals surface area contributed by atoms with Crippen molar-refractivity contribution in [3.8, 4) is 0 Å². The van der Waals surface area contributed by atoms with E-state index < -0.39 is 14.6 Å². The summed E-state index contributed by atoms with van der Waals surface area (Å²) in [5, 5.41) is 2.28. The Morgan fingerprint density at radius 1 is 0.938 bits per heavy atom. The lowest BCUT2D eigenvalue weighted by atomic mass is 10.2.